The van der Waals surface area contributed by atoms with E-state index in [-0.39, 0.29) is 12.3 Å². The van der Waals surface area contributed by atoms with E-state index in [1.54, 1.807) is 20.8 Å². The third-order valence-corrected chi connectivity index (χ3v) is 4.24. The maximum atomic E-state index is 11.9. The topological polar surface area (TPSA) is 113 Å². The van der Waals surface area contributed by atoms with Gasteiger partial charge in [-0.05, 0) is 39.5 Å². The highest BCUT2D eigenvalue weighted by Gasteiger charge is 2.69. The van der Waals surface area contributed by atoms with Gasteiger partial charge in [-0.15, -0.1) is 0 Å². The van der Waals surface area contributed by atoms with Crippen molar-refractivity contribution < 1.29 is 29.3 Å². The first-order chi connectivity index (χ1) is 9.58. The van der Waals surface area contributed by atoms with Gasteiger partial charge < -0.3 is 20.3 Å². The number of fused-ring (bicyclic) bond motifs is 1. The molecule has 0 bridgehead atoms. The van der Waals surface area contributed by atoms with Crippen molar-refractivity contribution in [1.29, 1.82) is 0 Å². The maximum Gasteiger partial charge on any atom is 0.408 e. The quantitative estimate of drug-likeness (QED) is 0.727. The summed E-state index contributed by atoms with van der Waals surface area (Å²) in [7, 11) is 0. The Balaban J connectivity index is 2.20. The Hall–Kier alpha value is -1.79. The van der Waals surface area contributed by atoms with E-state index in [0.29, 0.717) is 12.8 Å². The molecule has 2 fully saturated rings. The number of carboxylic acid groups (broad SMARTS) is 2. The van der Waals surface area contributed by atoms with Crippen LogP contribution < -0.4 is 5.32 Å². The summed E-state index contributed by atoms with van der Waals surface area (Å²) in [6.07, 6.45) is 0.674. The van der Waals surface area contributed by atoms with E-state index in [0.717, 1.165) is 0 Å². The molecule has 3 N–H and O–H groups in total. The van der Waals surface area contributed by atoms with Gasteiger partial charge in [0, 0.05) is 5.92 Å². The molecule has 0 aromatic carbocycles. The first-order valence-corrected chi connectivity index (χ1v) is 7.06. The molecular formula is C14H21NO6. The third kappa shape index (κ3) is 2.82. The van der Waals surface area contributed by atoms with Crippen LogP contribution in [0.4, 0.5) is 4.79 Å². The SMILES string of the molecule is CC(C)(C)OC(=O)N[C@@]1(C(=O)O)CCC[C@H]2[C@@H](C(=O)O)[C@H]21. The van der Waals surface area contributed by atoms with Crippen LogP contribution in [0.25, 0.3) is 0 Å². The minimum Gasteiger partial charge on any atom is -0.481 e. The highest BCUT2D eigenvalue weighted by molar-refractivity contribution is 5.88. The summed E-state index contributed by atoms with van der Waals surface area (Å²) in [4.78, 5) is 34.9. The minimum absolute atomic E-state index is 0.178. The monoisotopic (exact) mass is 299 g/mol. The number of hydrogen-bond donors (Lipinski definition) is 3. The number of nitrogens with one attached hydrogen (secondary N) is 1. The lowest BCUT2D eigenvalue weighted by atomic mass is 9.81. The Bertz CT molecular complexity index is 482. The third-order valence-electron chi connectivity index (χ3n) is 4.24. The van der Waals surface area contributed by atoms with Gasteiger partial charge in [-0.1, -0.05) is 6.42 Å². The van der Waals surface area contributed by atoms with Gasteiger partial charge in [0.2, 0.25) is 0 Å². The Morgan fingerprint density at radius 2 is 1.86 bits per heavy atom. The fraction of sp³-hybridized carbons (Fsp3) is 0.786. The zero-order valence-corrected chi connectivity index (χ0v) is 12.4. The molecule has 7 heteroatoms. The van der Waals surface area contributed by atoms with Crippen molar-refractivity contribution in [3.63, 3.8) is 0 Å². The fourth-order valence-corrected chi connectivity index (χ4v) is 3.46. The first-order valence-electron chi connectivity index (χ1n) is 7.06. The van der Waals surface area contributed by atoms with Crippen LogP contribution in [-0.2, 0) is 14.3 Å². The van der Waals surface area contributed by atoms with E-state index in [4.69, 9.17) is 4.74 Å². The number of carbonyl (C=O) groups is 3. The van der Waals surface area contributed by atoms with Crippen molar-refractivity contribution in [3.05, 3.63) is 0 Å². The number of hydrogen-bond acceptors (Lipinski definition) is 4. The largest absolute Gasteiger partial charge is 0.481 e. The summed E-state index contributed by atoms with van der Waals surface area (Å²) in [5, 5.41) is 21.2. The molecule has 0 aliphatic heterocycles. The first kappa shape index (κ1) is 15.6. The number of alkyl carbamates (subject to hydrolysis) is 1. The average molecular weight is 299 g/mol. The number of aliphatic carboxylic acids is 2. The van der Waals surface area contributed by atoms with E-state index in [2.05, 4.69) is 5.32 Å². The lowest BCUT2D eigenvalue weighted by Gasteiger charge is -2.34. The smallest absolute Gasteiger partial charge is 0.408 e. The molecule has 2 aliphatic rings. The summed E-state index contributed by atoms with van der Waals surface area (Å²) in [5.74, 6) is -3.62. The number of carboxylic acids is 2. The van der Waals surface area contributed by atoms with Crippen LogP contribution >= 0.6 is 0 Å². The predicted molar refractivity (Wildman–Crippen MR) is 71.7 cm³/mol. The van der Waals surface area contributed by atoms with E-state index in [9.17, 15) is 24.6 Å². The van der Waals surface area contributed by atoms with Gasteiger partial charge in [0.15, 0.2) is 0 Å². The van der Waals surface area contributed by atoms with Gasteiger partial charge in [0.1, 0.15) is 11.1 Å². The Labute approximate surface area is 122 Å². The van der Waals surface area contributed by atoms with Crippen molar-refractivity contribution in [2.24, 2.45) is 17.8 Å². The molecule has 0 radical (unpaired) electrons. The van der Waals surface area contributed by atoms with Gasteiger partial charge in [0.05, 0.1) is 5.92 Å². The maximum absolute atomic E-state index is 11.9. The molecule has 0 aromatic heterocycles. The molecule has 7 nitrogen and oxygen atoms in total. The second-order valence-electron chi connectivity index (χ2n) is 6.85. The molecule has 2 rings (SSSR count). The molecule has 0 unspecified atom stereocenters. The van der Waals surface area contributed by atoms with Crippen LogP contribution in [0.3, 0.4) is 0 Å². The molecule has 2 saturated carbocycles. The lowest BCUT2D eigenvalue weighted by Crippen LogP contribution is -2.58. The van der Waals surface area contributed by atoms with Crippen molar-refractivity contribution >= 4 is 18.0 Å². The molecule has 0 saturated heterocycles. The van der Waals surface area contributed by atoms with Crippen LogP contribution in [0, 0.1) is 17.8 Å². The van der Waals surface area contributed by atoms with E-state index < -0.39 is 41.0 Å². The van der Waals surface area contributed by atoms with Crippen LogP contribution in [0.15, 0.2) is 0 Å². The number of ether oxygens (including phenoxy) is 1. The van der Waals surface area contributed by atoms with E-state index in [1.165, 1.54) is 0 Å². The highest BCUT2D eigenvalue weighted by atomic mass is 16.6. The van der Waals surface area contributed by atoms with Crippen LogP contribution in [0.1, 0.15) is 40.0 Å². The van der Waals surface area contributed by atoms with Crippen molar-refractivity contribution in [2.45, 2.75) is 51.2 Å². The van der Waals surface area contributed by atoms with Crippen molar-refractivity contribution in [1.82, 2.24) is 5.32 Å². The fourth-order valence-electron chi connectivity index (χ4n) is 3.46. The van der Waals surface area contributed by atoms with Gasteiger partial charge in [-0.3, -0.25) is 4.79 Å². The summed E-state index contributed by atoms with van der Waals surface area (Å²) < 4.78 is 5.12. The second-order valence-corrected chi connectivity index (χ2v) is 6.85. The van der Waals surface area contributed by atoms with Crippen LogP contribution in [0.5, 0.6) is 0 Å². The number of amides is 1. The van der Waals surface area contributed by atoms with E-state index >= 15 is 0 Å². The zero-order valence-electron chi connectivity index (χ0n) is 12.4. The Morgan fingerprint density at radius 3 is 2.33 bits per heavy atom. The van der Waals surface area contributed by atoms with Crippen LogP contribution in [0.2, 0.25) is 0 Å². The molecule has 0 heterocycles. The molecule has 2 aliphatic carbocycles. The van der Waals surface area contributed by atoms with Crippen molar-refractivity contribution in [3.8, 4) is 0 Å². The van der Waals surface area contributed by atoms with Crippen LogP contribution in [-0.4, -0.2) is 39.4 Å². The standard InChI is InChI=1S/C14H21NO6/c1-13(2,3)21-12(20)15-14(11(18)19)6-4-5-7-8(9(7)14)10(16)17/h7-9H,4-6H2,1-3H3,(H,15,20)(H,16,17)(H,18,19)/t7-,8+,9-,14-/m0/s1. The Kier molecular flexibility index (Phi) is 3.63. The molecule has 0 spiro atoms. The summed E-state index contributed by atoms with van der Waals surface area (Å²) in [5.41, 5.74) is -2.28. The molecule has 1 amide bonds. The summed E-state index contributed by atoms with van der Waals surface area (Å²) in [6.45, 7) is 5.04. The molecule has 118 valence electrons. The Morgan fingerprint density at radius 1 is 1.24 bits per heavy atom. The predicted octanol–water partition coefficient (Wildman–Crippen LogP) is 1.47. The molecule has 0 aromatic rings. The number of rotatable bonds is 3. The minimum atomic E-state index is -1.53. The number of carbonyl (C=O) groups excluding carboxylic acids is 1. The lowest BCUT2D eigenvalue weighted by molar-refractivity contribution is -0.147. The molecule has 4 atom stereocenters. The molecule has 21 heavy (non-hydrogen) atoms. The van der Waals surface area contributed by atoms with Gasteiger partial charge in [-0.2, -0.15) is 0 Å². The van der Waals surface area contributed by atoms with Gasteiger partial charge in [-0.25, -0.2) is 9.59 Å². The van der Waals surface area contributed by atoms with Gasteiger partial charge >= 0.3 is 18.0 Å². The summed E-state index contributed by atoms with van der Waals surface area (Å²) >= 11 is 0. The normalized spacial score (nSPS) is 34.5. The summed E-state index contributed by atoms with van der Waals surface area (Å²) in [6, 6.07) is 0. The van der Waals surface area contributed by atoms with Crippen molar-refractivity contribution in [2.75, 3.05) is 0 Å². The van der Waals surface area contributed by atoms with Gasteiger partial charge in [0.25, 0.3) is 0 Å². The molecular weight excluding hydrogens is 278 g/mol. The highest BCUT2D eigenvalue weighted by Crippen LogP contribution is 2.60. The van der Waals surface area contributed by atoms with E-state index in [1.807, 2.05) is 0 Å². The zero-order chi connectivity index (χ0) is 16.0. The average Bonchev–Trinajstić information content (AvgIpc) is 3.01. The second kappa shape index (κ2) is 4.89.